The van der Waals surface area contributed by atoms with Crippen LogP contribution >= 0.6 is 0 Å². The van der Waals surface area contributed by atoms with Gasteiger partial charge in [-0.15, -0.1) is 0 Å². The lowest BCUT2D eigenvalue weighted by Crippen LogP contribution is -2.36. The number of benzene rings is 1. The number of rotatable bonds is 5. The summed E-state index contributed by atoms with van der Waals surface area (Å²) in [4.78, 5) is 16.8. The lowest BCUT2D eigenvalue weighted by molar-refractivity contribution is -0.156. The fourth-order valence-electron chi connectivity index (χ4n) is 1.31. The van der Waals surface area contributed by atoms with Gasteiger partial charge in [0.1, 0.15) is 0 Å². The standard InChI is InChI=1S/C12H17NO2/c1-10(13(2)15-3)12(14)9-11-7-5-4-6-8-11/h4-8,10H,9H2,1-3H3. The molecule has 0 saturated carbocycles. The molecule has 1 aromatic rings. The summed E-state index contributed by atoms with van der Waals surface area (Å²) in [6, 6.07) is 9.52. The van der Waals surface area contributed by atoms with Crippen molar-refractivity contribution >= 4 is 5.78 Å². The van der Waals surface area contributed by atoms with Crippen LogP contribution in [0.25, 0.3) is 0 Å². The number of carbonyl (C=O) groups is 1. The maximum atomic E-state index is 11.8. The van der Waals surface area contributed by atoms with Crippen LogP contribution in [-0.4, -0.2) is 31.0 Å². The van der Waals surface area contributed by atoms with Gasteiger partial charge in [0.05, 0.1) is 13.2 Å². The number of carbonyl (C=O) groups excluding carboxylic acids is 1. The molecule has 0 aliphatic heterocycles. The highest BCUT2D eigenvalue weighted by atomic mass is 16.7. The molecule has 82 valence electrons. The van der Waals surface area contributed by atoms with Crippen LogP contribution in [0.3, 0.4) is 0 Å². The van der Waals surface area contributed by atoms with E-state index in [2.05, 4.69) is 0 Å². The molecule has 0 fully saturated rings. The Labute approximate surface area is 90.6 Å². The first kappa shape index (κ1) is 11.9. The third-order valence-electron chi connectivity index (χ3n) is 2.52. The minimum absolute atomic E-state index is 0.158. The van der Waals surface area contributed by atoms with Crippen LogP contribution < -0.4 is 0 Å². The van der Waals surface area contributed by atoms with E-state index in [1.807, 2.05) is 37.3 Å². The highest BCUT2D eigenvalue weighted by Gasteiger charge is 2.17. The van der Waals surface area contributed by atoms with Crippen molar-refractivity contribution in [1.29, 1.82) is 0 Å². The fraction of sp³-hybridized carbons (Fsp3) is 0.417. The first-order valence-corrected chi connectivity index (χ1v) is 4.98. The van der Waals surface area contributed by atoms with Crippen molar-refractivity contribution in [2.24, 2.45) is 0 Å². The normalized spacial score (nSPS) is 12.8. The van der Waals surface area contributed by atoms with Crippen LogP contribution in [0.1, 0.15) is 12.5 Å². The molecule has 0 aromatic heterocycles. The van der Waals surface area contributed by atoms with E-state index in [9.17, 15) is 4.79 Å². The highest BCUT2D eigenvalue weighted by molar-refractivity contribution is 5.85. The van der Waals surface area contributed by atoms with Crippen molar-refractivity contribution in [3.8, 4) is 0 Å². The van der Waals surface area contributed by atoms with Gasteiger partial charge >= 0.3 is 0 Å². The van der Waals surface area contributed by atoms with Crippen molar-refractivity contribution in [2.45, 2.75) is 19.4 Å². The number of ketones is 1. The Hall–Kier alpha value is -1.19. The number of likely N-dealkylation sites (N-methyl/N-ethyl adjacent to an activating group) is 1. The summed E-state index contributed by atoms with van der Waals surface area (Å²) in [6.07, 6.45) is 0.454. The predicted octanol–water partition coefficient (Wildman–Crippen LogP) is 1.68. The number of hydroxylamine groups is 2. The van der Waals surface area contributed by atoms with E-state index in [1.165, 1.54) is 0 Å². The maximum absolute atomic E-state index is 11.8. The van der Waals surface area contributed by atoms with E-state index in [0.717, 1.165) is 5.56 Å². The number of Topliss-reactive ketones (excluding diaryl/α,β-unsaturated/α-hetero) is 1. The zero-order valence-corrected chi connectivity index (χ0v) is 9.43. The van der Waals surface area contributed by atoms with Crippen LogP contribution in [0, 0.1) is 0 Å². The monoisotopic (exact) mass is 207 g/mol. The summed E-state index contributed by atoms with van der Waals surface area (Å²) in [5.41, 5.74) is 1.04. The van der Waals surface area contributed by atoms with Crippen molar-refractivity contribution in [3.63, 3.8) is 0 Å². The van der Waals surface area contributed by atoms with E-state index in [-0.39, 0.29) is 11.8 Å². The lowest BCUT2D eigenvalue weighted by Gasteiger charge is -2.20. The molecule has 0 radical (unpaired) electrons. The van der Waals surface area contributed by atoms with E-state index in [0.29, 0.717) is 6.42 Å². The van der Waals surface area contributed by atoms with Crippen LogP contribution in [-0.2, 0) is 16.1 Å². The van der Waals surface area contributed by atoms with Gasteiger partial charge in [0.2, 0.25) is 0 Å². The van der Waals surface area contributed by atoms with Crippen LogP contribution in [0.5, 0.6) is 0 Å². The number of nitrogens with zero attached hydrogens (tertiary/aromatic N) is 1. The first-order valence-electron chi connectivity index (χ1n) is 4.98. The molecule has 3 heteroatoms. The average Bonchev–Trinajstić information content (AvgIpc) is 2.28. The molecule has 1 rings (SSSR count). The van der Waals surface area contributed by atoms with E-state index < -0.39 is 0 Å². The van der Waals surface area contributed by atoms with Gasteiger partial charge in [0.25, 0.3) is 0 Å². The Balaban J connectivity index is 2.56. The molecule has 15 heavy (non-hydrogen) atoms. The predicted molar refractivity (Wildman–Crippen MR) is 59.4 cm³/mol. The van der Waals surface area contributed by atoms with Crippen molar-refractivity contribution in [1.82, 2.24) is 5.06 Å². The first-order chi connectivity index (χ1) is 7.15. The molecule has 0 aliphatic rings. The Bertz CT molecular complexity index is 311. The summed E-state index contributed by atoms with van der Waals surface area (Å²) in [6.45, 7) is 1.84. The van der Waals surface area contributed by atoms with Crippen LogP contribution in [0.2, 0.25) is 0 Å². The summed E-state index contributed by atoms with van der Waals surface area (Å²) >= 11 is 0. The Morgan fingerprint density at radius 2 is 2.00 bits per heavy atom. The van der Waals surface area contributed by atoms with Gasteiger partial charge < -0.3 is 4.84 Å². The van der Waals surface area contributed by atoms with E-state index in [4.69, 9.17) is 4.84 Å². The Kier molecular flexibility index (Phi) is 4.46. The molecule has 0 spiro atoms. The minimum atomic E-state index is -0.213. The maximum Gasteiger partial charge on any atom is 0.156 e. The van der Waals surface area contributed by atoms with Gasteiger partial charge in [-0.1, -0.05) is 30.3 Å². The second kappa shape index (κ2) is 5.63. The molecule has 1 aromatic carbocycles. The summed E-state index contributed by atoms with van der Waals surface area (Å²) in [5, 5.41) is 1.56. The lowest BCUT2D eigenvalue weighted by atomic mass is 10.1. The molecule has 1 atom stereocenters. The van der Waals surface area contributed by atoms with Gasteiger partial charge in [-0.05, 0) is 12.5 Å². The highest BCUT2D eigenvalue weighted by Crippen LogP contribution is 2.05. The fourth-order valence-corrected chi connectivity index (χ4v) is 1.31. The summed E-state index contributed by atoms with van der Waals surface area (Å²) < 4.78 is 0. The van der Waals surface area contributed by atoms with Gasteiger partial charge in [-0.3, -0.25) is 4.79 Å². The van der Waals surface area contributed by atoms with Gasteiger partial charge in [0.15, 0.2) is 5.78 Å². The molecule has 0 N–H and O–H groups in total. The molecule has 0 aliphatic carbocycles. The second-order valence-electron chi connectivity index (χ2n) is 3.53. The van der Waals surface area contributed by atoms with Crippen molar-refractivity contribution in [3.05, 3.63) is 35.9 Å². The SMILES string of the molecule is CON(C)C(C)C(=O)Cc1ccccc1. The third-order valence-corrected chi connectivity index (χ3v) is 2.52. The van der Waals surface area contributed by atoms with Gasteiger partial charge in [-0.25, -0.2) is 0 Å². The van der Waals surface area contributed by atoms with Gasteiger partial charge in [-0.2, -0.15) is 5.06 Å². The van der Waals surface area contributed by atoms with Crippen LogP contribution in [0.4, 0.5) is 0 Å². The largest absolute Gasteiger partial charge is 0.302 e. The summed E-state index contributed by atoms with van der Waals surface area (Å²) in [5.74, 6) is 0.158. The second-order valence-corrected chi connectivity index (χ2v) is 3.53. The topological polar surface area (TPSA) is 29.5 Å². The van der Waals surface area contributed by atoms with E-state index in [1.54, 1.807) is 19.2 Å². The molecule has 0 heterocycles. The average molecular weight is 207 g/mol. The zero-order chi connectivity index (χ0) is 11.3. The molecule has 0 bridgehead atoms. The molecule has 1 unspecified atom stereocenters. The molecular formula is C12H17NO2. The molecule has 0 saturated heterocycles. The molecule has 3 nitrogen and oxygen atoms in total. The zero-order valence-electron chi connectivity index (χ0n) is 9.43. The molecular weight excluding hydrogens is 190 g/mol. The number of hydrogen-bond acceptors (Lipinski definition) is 3. The van der Waals surface area contributed by atoms with E-state index >= 15 is 0 Å². The third kappa shape index (κ3) is 3.46. The van der Waals surface area contributed by atoms with Crippen molar-refractivity contribution in [2.75, 3.05) is 14.2 Å². The minimum Gasteiger partial charge on any atom is -0.302 e. The number of hydrogen-bond donors (Lipinski definition) is 0. The van der Waals surface area contributed by atoms with Crippen molar-refractivity contribution < 1.29 is 9.63 Å². The smallest absolute Gasteiger partial charge is 0.156 e. The quantitative estimate of drug-likeness (QED) is 0.688. The van der Waals surface area contributed by atoms with Gasteiger partial charge in [0, 0.05) is 13.5 Å². The Morgan fingerprint density at radius 1 is 1.40 bits per heavy atom. The van der Waals surface area contributed by atoms with Crippen LogP contribution in [0.15, 0.2) is 30.3 Å². The molecule has 0 amide bonds. The summed E-state index contributed by atoms with van der Waals surface area (Å²) in [7, 11) is 3.32. The Morgan fingerprint density at radius 3 is 2.53 bits per heavy atom.